The maximum atomic E-state index is 12.6. The normalized spacial score (nSPS) is 17.3. The van der Waals surface area contributed by atoms with Gasteiger partial charge in [-0.3, -0.25) is 19.1 Å². The smallest absolute Gasteiger partial charge is 0.328 e. The second-order valence-electron chi connectivity index (χ2n) is 6.44. The lowest BCUT2D eigenvalue weighted by Crippen LogP contribution is -2.45. The molecule has 2 aromatic rings. The second-order valence-corrected chi connectivity index (χ2v) is 6.44. The van der Waals surface area contributed by atoms with Crippen LogP contribution in [0.1, 0.15) is 24.0 Å². The van der Waals surface area contributed by atoms with Gasteiger partial charge in [-0.1, -0.05) is 6.07 Å². The average molecular weight is 358 g/mol. The third kappa shape index (κ3) is 4.26. The van der Waals surface area contributed by atoms with Crippen LogP contribution in [0.3, 0.4) is 0 Å². The van der Waals surface area contributed by atoms with Crippen molar-refractivity contribution in [1.29, 1.82) is 0 Å². The van der Waals surface area contributed by atoms with Gasteiger partial charge >= 0.3 is 5.69 Å². The zero-order valence-electron chi connectivity index (χ0n) is 14.7. The summed E-state index contributed by atoms with van der Waals surface area (Å²) in [4.78, 5) is 44.3. The van der Waals surface area contributed by atoms with Crippen LogP contribution in [0, 0.1) is 0 Å². The largest absolute Gasteiger partial charge is 0.372 e. The summed E-state index contributed by atoms with van der Waals surface area (Å²) in [5.74, 6) is -0.135. The fraction of sp³-hybridized carbons (Fsp3) is 0.444. The number of aromatic nitrogens is 3. The van der Waals surface area contributed by atoms with Gasteiger partial charge in [0.1, 0.15) is 0 Å². The van der Waals surface area contributed by atoms with Crippen LogP contribution < -0.4 is 11.2 Å². The number of piperidine rings is 1. The van der Waals surface area contributed by atoms with Crippen LogP contribution in [-0.2, 0) is 29.6 Å². The molecule has 0 saturated carbocycles. The number of hydrogen-bond acceptors (Lipinski definition) is 5. The summed E-state index contributed by atoms with van der Waals surface area (Å²) >= 11 is 0. The number of hydrogen-bond donors (Lipinski definition) is 1. The van der Waals surface area contributed by atoms with E-state index < -0.39 is 11.2 Å². The third-order valence-electron chi connectivity index (χ3n) is 4.53. The highest BCUT2D eigenvalue weighted by atomic mass is 16.5. The van der Waals surface area contributed by atoms with Crippen molar-refractivity contribution in [2.75, 3.05) is 13.1 Å². The number of carbonyl (C=O) groups excluding carboxylic acids is 1. The molecule has 0 aliphatic carbocycles. The molecule has 1 N–H and O–H groups in total. The SMILES string of the molecule is Cn1c(=O)[nH]cc(CC(=O)N2CCC[C@@H](OCc3cccnc3)C2)c1=O. The monoisotopic (exact) mass is 358 g/mol. The van der Waals surface area contributed by atoms with Gasteiger partial charge in [0.15, 0.2) is 0 Å². The van der Waals surface area contributed by atoms with Crippen LogP contribution in [0.2, 0.25) is 0 Å². The summed E-state index contributed by atoms with van der Waals surface area (Å²) in [5.41, 5.74) is 0.347. The highest BCUT2D eigenvalue weighted by molar-refractivity contribution is 5.78. The molecule has 0 bridgehead atoms. The van der Waals surface area contributed by atoms with Gasteiger partial charge in [0.2, 0.25) is 5.91 Å². The van der Waals surface area contributed by atoms with Gasteiger partial charge in [0, 0.05) is 44.3 Å². The standard InChI is InChI=1S/C18H22N4O4/c1-21-17(24)14(10-20-18(21)25)8-16(23)22-7-3-5-15(11-22)26-12-13-4-2-6-19-9-13/h2,4,6,9-10,15H,3,5,7-8,11-12H2,1H3,(H,20,25)/t15-/m1/s1. The average Bonchev–Trinajstić information content (AvgIpc) is 2.68. The minimum atomic E-state index is -0.493. The number of amides is 1. The van der Waals surface area contributed by atoms with Crippen LogP contribution in [0.4, 0.5) is 0 Å². The van der Waals surface area contributed by atoms with E-state index >= 15 is 0 Å². The van der Waals surface area contributed by atoms with Crippen molar-refractivity contribution in [2.45, 2.75) is 32.0 Å². The Morgan fingerprint density at radius 1 is 1.42 bits per heavy atom. The van der Waals surface area contributed by atoms with E-state index in [9.17, 15) is 14.4 Å². The van der Waals surface area contributed by atoms with Crippen LogP contribution in [0.25, 0.3) is 0 Å². The summed E-state index contributed by atoms with van der Waals surface area (Å²) in [6.45, 7) is 1.61. The Kier molecular flexibility index (Phi) is 5.62. The van der Waals surface area contributed by atoms with Crippen molar-refractivity contribution >= 4 is 5.91 Å². The number of nitrogens with zero attached hydrogens (tertiary/aromatic N) is 3. The van der Waals surface area contributed by atoms with Crippen LogP contribution >= 0.6 is 0 Å². The first-order valence-corrected chi connectivity index (χ1v) is 8.60. The molecule has 0 spiro atoms. The number of likely N-dealkylation sites (tertiary alicyclic amines) is 1. The van der Waals surface area contributed by atoms with E-state index in [1.807, 2.05) is 12.1 Å². The number of H-pyrrole nitrogens is 1. The summed E-state index contributed by atoms with van der Waals surface area (Å²) in [7, 11) is 1.39. The zero-order chi connectivity index (χ0) is 18.5. The minimum Gasteiger partial charge on any atom is -0.372 e. The number of rotatable bonds is 5. The van der Waals surface area contributed by atoms with Gasteiger partial charge in [0.05, 0.1) is 19.1 Å². The Balaban J connectivity index is 1.58. The first-order chi connectivity index (χ1) is 12.5. The molecule has 0 unspecified atom stereocenters. The number of ether oxygens (including phenoxy) is 1. The van der Waals surface area contributed by atoms with Crippen molar-refractivity contribution in [3.8, 4) is 0 Å². The highest BCUT2D eigenvalue weighted by Crippen LogP contribution is 2.16. The van der Waals surface area contributed by atoms with E-state index in [1.54, 1.807) is 17.3 Å². The minimum absolute atomic E-state index is 0.0290. The third-order valence-corrected chi connectivity index (χ3v) is 4.53. The fourth-order valence-electron chi connectivity index (χ4n) is 3.01. The van der Waals surface area contributed by atoms with Crippen molar-refractivity contribution in [3.05, 3.63) is 62.7 Å². The molecule has 138 valence electrons. The molecule has 8 nitrogen and oxygen atoms in total. The quantitative estimate of drug-likeness (QED) is 0.825. The molecule has 26 heavy (non-hydrogen) atoms. The van der Waals surface area contributed by atoms with E-state index in [0.717, 1.165) is 23.0 Å². The maximum Gasteiger partial charge on any atom is 0.328 e. The van der Waals surface area contributed by atoms with Crippen molar-refractivity contribution in [1.82, 2.24) is 19.4 Å². The molecule has 2 aromatic heterocycles. The van der Waals surface area contributed by atoms with Gasteiger partial charge in [-0.2, -0.15) is 0 Å². The van der Waals surface area contributed by atoms with Crippen LogP contribution in [-0.4, -0.2) is 44.5 Å². The second kappa shape index (κ2) is 8.09. The van der Waals surface area contributed by atoms with Crippen LogP contribution in [0.15, 0.2) is 40.3 Å². The predicted molar refractivity (Wildman–Crippen MR) is 94.6 cm³/mol. The Hall–Kier alpha value is -2.74. The molecule has 1 atom stereocenters. The van der Waals surface area contributed by atoms with Gasteiger partial charge in [-0.25, -0.2) is 4.79 Å². The van der Waals surface area contributed by atoms with Gasteiger partial charge in [-0.15, -0.1) is 0 Å². The topological polar surface area (TPSA) is 97.3 Å². The maximum absolute atomic E-state index is 12.6. The zero-order valence-corrected chi connectivity index (χ0v) is 14.7. The Labute approximate surface area is 150 Å². The first kappa shape index (κ1) is 18.1. The highest BCUT2D eigenvalue weighted by Gasteiger charge is 2.25. The molecular weight excluding hydrogens is 336 g/mol. The summed E-state index contributed by atoms with van der Waals surface area (Å²) in [6, 6.07) is 3.81. The Bertz CT molecular complexity index is 875. The molecule has 0 radical (unpaired) electrons. The number of aromatic amines is 1. The number of carbonyl (C=O) groups is 1. The Morgan fingerprint density at radius 2 is 2.27 bits per heavy atom. The van der Waals surface area contributed by atoms with E-state index in [-0.39, 0.29) is 24.0 Å². The van der Waals surface area contributed by atoms with Gasteiger partial charge in [0.25, 0.3) is 5.56 Å². The Morgan fingerprint density at radius 3 is 3.04 bits per heavy atom. The summed E-state index contributed by atoms with van der Waals surface area (Å²) in [6.07, 6.45) is 6.48. The van der Waals surface area contributed by atoms with Crippen LogP contribution in [0.5, 0.6) is 0 Å². The molecule has 1 aliphatic rings. The van der Waals surface area contributed by atoms with Crippen molar-refractivity contribution < 1.29 is 9.53 Å². The van der Waals surface area contributed by atoms with Gasteiger partial charge < -0.3 is 14.6 Å². The molecular formula is C18H22N4O4. The molecule has 1 aliphatic heterocycles. The molecule has 8 heteroatoms. The fourth-order valence-corrected chi connectivity index (χ4v) is 3.01. The molecule has 1 fully saturated rings. The summed E-state index contributed by atoms with van der Waals surface area (Å²) < 4.78 is 6.88. The molecule has 1 saturated heterocycles. The predicted octanol–water partition coefficient (Wildman–Crippen LogP) is 0.219. The lowest BCUT2D eigenvalue weighted by Gasteiger charge is -2.32. The molecule has 1 amide bonds. The van der Waals surface area contributed by atoms with E-state index in [4.69, 9.17) is 4.74 Å². The van der Waals surface area contributed by atoms with E-state index in [0.29, 0.717) is 19.7 Å². The number of nitrogens with one attached hydrogen (secondary N) is 1. The first-order valence-electron chi connectivity index (χ1n) is 8.60. The van der Waals surface area contributed by atoms with Crippen molar-refractivity contribution in [3.63, 3.8) is 0 Å². The molecule has 3 heterocycles. The molecule has 0 aromatic carbocycles. The lowest BCUT2D eigenvalue weighted by molar-refractivity contribution is -0.134. The van der Waals surface area contributed by atoms with E-state index in [1.165, 1.54) is 13.2 Å². The van der Waals surface area contributed by atoms with Crippen molar-refractivity contribution in [2.24, 2.45) is 7.05 Å². The summed E-state index contributed by atoms with van der Waals surface area (Å²) in [5, 5.41) is 0. The lowest BCUT2D eigenvalue weighted by atomic mass is 10.1. The molecule has 3 rings (SSSR count). The number of pyridine rings is 1. The van der Waals surface area contributed by atoms with E-state index in [2.05, 4.69) is 9.97 Å². The van der Waals surface area contributed by atoms with Gasteiger partial charge in [-0.05, 0) is 24.5 Å².